The van der Waals surface area contributed by atoms with Gasteiger partial charge in [-0.2, -0.15) is 0 Å². The molecule has 1 fully saturated rings. The number of rotatable bonds is 6. The third-order valence-electron chi connectivity index (χ3n) is 3.17. The minimum absolute atomic E-state index is 0.701. The second kappa shape index (κ2) is 7.02. The fourth-order valence-electron chi connectivity index (χ4n) is 2.22. The van der Waals surface area contributed by atoms with Gasteiger partial charge in [-0.15, -0.1) is 6.58 Å². The van der Waals surface area contributed by atoms with E-state index >= 15 is 0 Å². The lowest BCUT2D eigenvalue weighted by Crippen LogP contribution is -2.29. The first-order valence-electron chi connectivity index (χ1n) is 5.77. The van der Waals surface area contributed by atoms with E-state index in [0.717, 1.165) is 26.2 Å². The van der Waals surface area contributed by atoms with Crippen LogP contribution >= 0.6 is 0 Å². The predicted octanol–water partition coefficient (Wildman–Crippen LogP) is 2.34. The molecule has 2 N–H and O–H groups in total. The van der Waals surface area contributed by atoms with Crippen LogP contribution in [0.15, 0.2) is 12.7 Å². The summed E-state index contributed by atoms with van der Waals surface area (Å²) in [4.78, 5) is 0. The first kappa shape index (κ1) is 11.7. The molecular weight excluding hydrogens is 174 g/mol. The SMILES string of the molecule is C=CCCOCC1CCCCC1CN. The molecular formula is C12H23NO. The highest BCUT2D eigenvalue weighted by atomic mass is 16.5. The molecule has 0 aromatic carbocycles. The maximum Gasteiger partial charge on any atom is 0.0500 e. The van der Waals surface area contributed by atoms with Crippen molar-refractivity contribution in [2.45, 2.75) is 32.1 Å². The lowest BCUT2D eigenvalue weighted by atomic mass is 9.80. The van der Waals surface area contributed by atoms with Crippen molar-refractivity contribution in [3.8, 4) is 0 Å². The zero-order chi connectivity index (χ0) is 10.2. The van der Waals surface area contributed by atoms with Gasteiger partial charge in [0.2, 0.25) is 0 Å². The van der Waals surface area contributed by atoms with E-state index in [2.05, 4.69) is 6.58 Å². The van der Waals surface area contributed by atoms with Crippen molar-refractivity contribution in [3.05, 3.63) is 12.7 Å². The van der Waals surface area contributed by atoms with Crippen molar-refractivity contribution < 1.29 is 4.74 Å². The van der Waals surface area contributed by atoms with Crippen LogP contribution in [0.3, 0.4) is 0 Å². The maximum absolute atomic E-state index is 5.75. The molecule has 2 heteroatoms. The maximum atomic E-state index is 5.75. The molecule has 0 radical (unpaired) electrons. The van der Waals surface area contributed by atoms with Crippen molar-refractivity contribution in [1.82, 2.24) is 0 Å². The van der Waals surface area contributed by atoms with Crippen LogP contribution in [0.2, 0.25) is 0 Å². The summed E-state index contributed by atoms with van der Waals surface area (Å²) in [6.07, 6.45) is 8.17. The smallest absolute Gasteiger partial charge is 0.0500 e. The van der Waals surface area contributed by atoms with E-state index in [1.165, 1.54) is 25.7 Å². The second-order valence-corrected chi connectivity index (χ2v) is 4.19. The molecule has 2 unspecified atom stereocenters. The number of ether oxygens (including phenoxy) is 1. The summed E-state index contributed by atoms with van der Waals surface area (Å²) in [5.74, 6) is 1.41. The molecule has 1 aliphatic rings. The topological polar surface area (TPSA) is 35.2 Å². The van der Waals surface area contributed by atoms with E-state index in [4.69, 9.17) is 10.5 Å². The normalized spacial score (nSPS) is 27.5. The Balaban J connectivity index is 2.16. The minimum atomic E-state index is 0.701. The van der Waals surface area contributed by atoms with Gasteiger partial charge in [-0.05, 0) is 37.6 Å². The summed E-state index contributed by atoms with van der Waals surface area (Å²) in [6.45, 7) is 6.22. The van der Waals surface area contributed by atoms with Gasteiger partial charge >= 0.3 is 0 Å². The Morgan fingerprint density at radius 1 is 1.29 bits per heavy atom. The highest BCUT2D eigenvalue weighted by Crippen LogP contribution is 2.29. The Labute approximate surface area is 87.5 Å². The third kappa shape index (κ3) is 3.81. The molecule has 0 heterocycles. The molecule has 2 nitrogen and oxygen atoms in total. The Kier molecular flexibility index (Phi) is 5.88. The number of nitrogens with two attached hydrogens (primary N) is 1. The average molecular weight is 197 g/mol. The molecule has 2 atom stereocenters. The Morgan fingerprint density at radius 3 is 2.64 bits per heavy atom. The highest BCUT2D eigenvalue weighted by molar-refractivity contribution is 4.76. The van der Waals surface area contributed by atoms with Crippen LogP contribution in [0.4, 0.5) is 0 Å². The fourth-order valence-corrected chi connectivity index (χ4v) is 2.22. The molecule has 0 aliphatic heterocycles. The van der Waals surface area contributed by atoms with Crippen molar-refractivity contribution in [1.29, 1.82) is 0 Å². The zero-order valence-corrected chi connectivity index (χ0v) is 9.08. The van der Waals surface area contributed by atoms with E-state index in [1.807, 2.05) is 6.08 Å². The molecule has 0 saturated heterocycles. The van der Waals surface area contributed by atoms with Crippen LogP contribution in [0, 0.1) is 11.8 Å². The fraction of sp³-hybridized carbons (Fsp3) is 0.833. The van der Waals surface area contributed by atoms with E-state index in [1.54, 1.807) is 0 Å². The number of hydrogen-bond acceptors (Lipinski definition) is 2. The van der Waals surface area contributed by atoms with Crippen LogP contribution in [0.5, 0.6) is 0 Å². The van der Waals surface area contributed by atoms with Gasteiger partial charge in [0, 0.05) is 6.61 Å². The lowest BCUT2D eigenvalue weighted by Gasteiger charge is -2.30. The molecule has 0 spiro atoms. The van der Waals surface area contributed by atoms with Crippen LogP contribution in [0.25, 0.3) is 0 Å². The van der Waals surface area contributed by atoms with Gasteiger partial charge in [0.25, 0.3) is 0 Å². The third-order valence-corrected chi connectivity index (χ3v) is 3.17. The second-order valence-electron chi connectivity index (χ2n) is 4.19. The molecule has 0 amide bonds. The Hall–Kier alpha value is -0.340. The van der Waals surface area contributed by atoms with E-state index in [0.29, 0.717) is 11.8 Å². The summed E-state index contributed by atoms with van der Waals surface area (Å²) in [5, 5.41) is 0. The molecule has 1 rings (SSSR count). The zero-order valence-electron chi connectivity index (χ0n) is 9.08. The monoisotopic (exact) mass is 197 g/mol. The summed E-state index contributed by atoms with van der Waals surface area (Å²) >= 11 is 0. The first-order chi connectivity index (χ1) is 6.88. The van der Waals surface area contributed by atoms with E-state index < -0.39 is 0 Å². The van der Waals surface area contributed by atoms with Crippen molar-refractivity contribution in [3.63, 3.8) is 0 Å². The summed E-state index contributed by atoms with van der Waals surface area (Å²) < 4.78 is 5.62. The average Bonchev–Trinajstić information content (AvgIpc) is 2.25. The van der Waals surface area contributed by atoms with Crippen LogP contribution in [0.1, 0.15) is 32.1 Å². The summed E-state index contributed by atoms with van der Waals surface area (Å²) in [7, 11) is 0. The van der Waals surface area contributed by atoms with Gasteiger partial charge < -0.3 is 10.5 Å². The first-order valence-corrected chi connectivity index (χ1v) is 5.77. The van der Waals surface area contributed by atoms with Crippen LogP contribution < -0.4 is 5.73 Å². The summed E-state index contributed by atoms with van der Waals surface area (Å²) in [5.41, 5.74) is 5.75. The lowest BCUT2D eigenvalue weighted by molar-refractivity contribution is 0.0636. The van der Waals surface area contributed by atoms with Crippen molar-refractivity contribution >= 4 is 0 Å². The molecule has 1 aliphatic carbocycles. The molecule has 82 valence electrons. The predicted molar refractivity (Wildman–Crippen MR) is 60.1 cm³/mol. The highest BCUT2D eigenvalue weighted by Gasteiger charge is 2.23. The van der Waals surface area contributed by atoms with E-state index in [9.17, 15) is 0 Å². The van der Waals surface area contributed by atoms with E-state index in [-0.39, 0.29) is 0 Å². The molecule has 0 aromatic rings. The van der Waals surface area contributed by atoms with Crippen LogP contribution in [-0.4, -0.2) is 19.8 Å². The standard InChI is InChI=1S/C12H23NO/c1-2-3-8-14-10-12-7-5-4-6-11(12)9-13/h2,11-12H,1,3-10,13H2. The molecule has 14 heavy (non-hydrogen) atoms. The molecule has 0 aromatic heterocycles. The minimum Gasteiger partial charge on any atom is -0.381 e. The Morgan fingerprint density at radius 2 is 2.00 bits per heavy atom. The van der Waals surface area contributed by atoms with Gasteiger partial charge in [0.15, 0.2) is 0 Å². The summed E-state index contributed by atoms with van der Waals surface area (Å²) in [6, 6.07) is 0. The van der Waals surface area contributed by atoms with Crippen molar-refractivity contribution in [2.75, 3.05) is 19.8 Å². The van der Waals surface area contributed by atoms with Gasteiger partial charge in [-0.3, -0.25) is 0 Å². The molecule has 1 saturated carbocycles. The Bertz CT molecular complexity index is 158. The molecule has 0 bridgehead atoms. The van der Waals surface area contributed by atoms with Gasteiger partial charge in [0.1, 0.15) is 0 Å². The van der Waals surface area contributed by atoms with Gasteiger partial charge in [-0.25, -0.2) is 0 Å². The largest absolute Gasteiger partial charge is 0.381 e. The van der Waals surface area contributed by atoms with Gasteiger partial charge in [-0.1, -0.05) is 18.9 Å². The quantitative estimate of drug-likeness (QED) is 0.524. The van der Waals surface area contributed by atoms with Crippen LogP contribution in [-0.2, 0) is 4.74 Å². The number of hydrogen-bond donors (Lipinski definition) is 1. The van der Waals surface area contributed by atoms with Gasteiger partial charge in [0.05, 0.1) is 6.61 Å². The van der Waals surface area contributed by atoms with Crippen molar-refractivity contribution in [2.24, 2.45) is 17.6 Å².